The Kier molecular flexibility index (Phi) is 8.66. The van der Waals surface area contributed by atoms with Crippen LogP contribution in [0.3, 0.4) is 0 Å². The second-order valence-corrected chi connectivity index (χ2v) is 14.9. The zero-order chi connectivity index (χ0) is 42.5. The van der Waals surface area contributed by atoms with Crippen LogP contribution in [0.25, 0.3) is 66.4 Å². The maximum absolute atomic E-state index is 8.79. The minimum absolute atomic E-state index is 0. The second kappa shape index (κ2) is 15.6. The van der Waals surface area contributed by atoms with Crippen LogP contribution < -0.4 is 0 Å². The normalized spacial score (nSPS) is 14.4. The molecule has 1 radical (unpaired) electrons. The number of fused-ring (bicyclic) bond motifs is 5. The molecule has 0 N–H and O–H groups in total. The van der Waals surface area contributed by atoms with Crippen molar-refractivity contribution in [2.45, 2.75) is 61.1 Å². The fourth-order valence-corrected chi connectivity index (χ4v) is 6.14. The average Bonchev–Trinajstić information content (AvgIpc) is 3.60. The third-order valence-corrected chi connectivity index (χ3v) is 8.37. The van der Waals surface area contributed by atoms with Gasteiger partial charge in [-0.05, 0) is 81.6 Å². The Bertz CT molecular complexity index is 2790. The van der Waals surface area contributed by atoms with E-state index in [0.717, 1.165) is 43.9 Å². The Morgan fingerprint density at radius 1 is 0.679 bits per heavy atom. The molecule has 4 heterocycles. The summed E-state index contributed by atoms with van der Waals surface area (Å²) in [5.74, 6) is 0. The van der Waals surface area contributed by atoms with Crippen LogP contribution in [-0.2, 0) is 32.9 Å². The minimum Gasteiger partial charge on any atom is -0.500 e. The summed E-state index contributed by atoms with van der Waals surface area (Å²) in [6.45, 7) is 8.52. The Labute approximate surface area is 336 Å². The number of aromatic nitrogens is 3. The molecule has 0 aliphatic heterocycles. The van der Waals surface area contributed by atoms with Gasteiger partial charge in [0, 0.05) is 65.3 Å². The molecule has 0 bridgehead atoms. The summed E-state index contributed by atoms with van der Waals surface area (Å²) >= 11 is 0. The van der Waals surface area contributed by atoms with Crippen molar-refractivity contribution in [3.8, 4) is 33.6 Å². The molecule has 269 valence electrons. The molecule has 4 aromatic carbocycles. The Morgan fingerprint density at radius 3 is 2.21 bits per heavy atom. The standard InChI is InChI=1S/C26H23N2O.C22H22N.Ir/c1-16-14-28-23(12-18(16)13-26(2,3)4)21-7-5-6-19-20-9-8-17-10-11-27-15-22(17)25(20)29-24(19)21;1-22(2,3)16-17-9-11-18(12-10-17)20-13-14-23-21(15-20)19-7-5-4-6-8-19;/h5-6,8-12,14-15H,13H2,1-4H3;4-7,9-15H,16H2,1-3H3;/q2*-1;/i1D3,13D2;16D2;. The number of nitrogens with zero attached hydrogens (tertiary/aromatic N) is 3. The molecule has 0 atom stereocenters. The largest absolute Gasteiger partial charge is 0.500 e. The minimum atomic E-state index is -2.50. The molecule has 0 spiro atoms. The van der Waals surface area contributed by atoms with Gasteiger partial charge >= 0.3 is 0 Å². The second-order valence-electron chi connectivity index (χ2n) is 14.9. The molecule has 0 aliphatic rings. The van der Waals surface area contributed by atoms with E-state index in [1.807, 2.05) is 106 Å². The van der Waals surface area contributed by atoms with E-state index < -0.39 is 30.4 Å². The summed E-state index contributed by atoms with van der Waals surface area (Å²) in [7, 11) is 0. The van der Waals surface area contributed by atoms with E-state index in [1.165, 1.54) is 12.3 Å². The molecule has 0 saturated carbocycles. The number of benzene rings is 4. The number of rotatable bonds is 5. The molecule has 0 fully saturated rings. The molecule has 53 heavy (non-hydrogen) atoms. The van der Waals surface area contributed by atoms with Crippen LogP contribution in [0, 0.1) is 29.8 Å². The van der Waals surface area contributed by atoms with E-state index in [0.29, 0.717) is 28.0 Å². The number of hydrogen-bond donors (Lipinski definition) is 0. The van der Waals surface area contributed by atoms with Crippen LogP contribution in [0.5, 0.6) is 0 Å². The van der Waals surface area contributed by atoms with Gasteiger partial charge in [0.25, 0.3) is 0 Å². The van der Waals surface area contributed by atoms with Crippen molar-refractivity contribution in [2.24, 2.45) is 10.8 Å². The van der Waals surface area contributed by atoms with E-state index in [4.69, 9.17) is 14.0 Å². The number of pyridine rings is 3. The van der Waals surface area contributed by atoms with Crippen LogP contribution in [0.15, 0.2) is 126 Å². The van der Waals surface area contributed by atoms with E-state index in [9.17, 15) is 0 Å². The van der Waals surface area contributed by atoms with Crippen molar-refractivity contribution in [3.63, 3.8) is 0 Å². The first kappa shape index (κ1) is 29.5. The summed E-state index contributed by atoms with van der Waals surface area (Å²) < 4.78 is 64.5. The number of furan rings is 1. The van der Waals surface area contributed by atoms with Crippen LogP contribution in [0.4, 0.5) is 0 Å². The van der Waals surface area contributed by atoms with Gasteiger partial charge in [-0.2, -0.15) is 0 Å². The third-order valence-electron chi connectivity index (χ3n) is 8.37. The van der Waals surface area contributed by atoms with Gasteiger partial charge in [0.05, 0.1) is 5.58 Å². The van der Waals surface area contributed by atoms with Crippen molar-refractivity contribution >= 4 is 32.7 Å². The summed E-state index contributed by atoms with van der Waals surface area (Å²) in [6.07, 6.45) is 3.26. The topological polar surface area (TPSA) is 51.8 Å². The molecule has 4 aromatic heterocycles. The predicted octanol–water partition coefficient (Wildman–Crippen LogP) is 12.7. The zero-order valence-corrected chi connectivity index (χ0v) is 33.0. The zero-order valence-electron chi connectivity index (χ0n) is 37.6. The molecule has 8 aromatic rings. The summed E-state index contributed by atoms with van der Waals surface area (Å²) in [6, 6.07) is 37.1. The molecule has 0 unspecified atom stereocenters. The predicted molar refractivity (Wildman–Crippen MR) is 216 cm³/mol. The van der Waals surface area contributed by atoms with Gasteiger partial charge in [0.2, 0.25) is 0 Å². The number of aryl methyl sites for hydroxylation is 1. The van der Waals surface area contributed by atoms with Crippen LogP contribution in [-0.4, -0.2) is 15.0 Å². The Morgan fingerprint density at radius 2 is 1.47 bits per heavy atom. The first-order valence-electron chi connectivity index (χ1n) is 20.8. The monoisotopic (exact) mass is 879 g/mol. The molecule has 4 nitrogen and oxygen atoms in total. The molecular formula is C48H45IrN3O-2. The van der Waals surface area contributed by atoms with Crippen LogP contribution >= 0.6 is 0 Å². The molecule has 0 saturated heterocycles. The summed E-state index contributed by atoms with van der Waals surface area (Å²) in [4.78, 5) is 13.1. The van der Waals surface area contributed by atoms with Gasteiger partial charge in [0.1, 0.15) is 5.58 Å². The van der Waals surface area contributed by atoms with Crippen molar-refractivity contribution in [3.05, 3.63) is 151 Å². The molecule has 8 rings (SSSR count). The first-order valence-corrected chi connectivity index (χ1v) is 17.3. The van der Waals surface area contributed by atoms with Gasteiger partial charge in [-0.1, -0.05) is 107 Å². The van der Waals surface area contributed by atoms with E-state index >= 15 is 0 Å². The van der Waals surface area contributed by atoms with Crippen molar-refractivity contribution in [1.29, 1.82) is 0 Å². The Balaban J connectivity index is 0.000000207. The fourth-order valence-electron chi connectivity index (χ4n) is 6.14. The van der Waals surface area contributed by atoms with Crippen LogP contribution in [0.1, 0.15) is 67.8 Å². The smallest absolute Gasteiger partial charge is 0.130 e. The summed E-state index contributed by atoms with van der Waals surface area (Å²) in [5.41, 5.74) is 5.58. The number of hydrogen-bond acceptors (Lipinski definition) is 4. The van der Waals surface area contributed by atoms with E-state index in [2.05, 4.69) is 27.1 Å². The average molecular weight is 879 g/mol. The third kappa shape index (κ3) is 8.82. The SMILES string of the molecule is [2H]C([2H])([2H])c1cnc(-c2[c-]ccc3c2oc2c4cnccc4ccc32)cc1C([2H])([2H])C(C)(C)C.[2H]C([2H])(c1ccc(-c2ccnc(-c3[c-]cccc3)c2)cc1)C(C)(C)C.[Ir]. The first-order chi connectivity index (χ1) is 27.7. The molecule has 5 heteroatoms. The van der Waals surface area contributed by atoms with Crippen LogP contribution in [0.2, 0.25) is 0 Å². The van der Waals surface area contributed by atoms with Crippen molar-refractivity contribution in [2.75, 3.05) is 0 Å². The molecular weight excluding hydrogens is 827 g/mol. The van der Waals surface area contributed by atoms with Gasteiger partial charge in [-0.3, -0.25) is 4.98 Å². The fraction of sp³-hybridized carbons (Fsp3) is 0.229. The van der Waals surface area contributed by atoms with E-state index in [1.54, 1.807) is 45.4 Å². The van der Waals surface area contributed by atoms with Gasteiger partial charge in [-0.15, -0.1) is 54.1 Å². The molecule has 0 aliphatic carbocycles. The maximum Gasteiger partial charge on any atom is 0.130 e. The van der Waals surface area contributed by atoms with E-state index in [-0.39, 0.29) is 31.2 Å². The van der Waals surface area contributed by atoms with Gasteiger partial charge < -0.3 is 14.4 Å². The Hall–Kier alpha value is -4.96. The summed E-state index contributed by atoms with van der Waals surface area (Å²) in [5, 5.41) is 3.69. The van der Waals surface area contributed by atoms with Gasteiger partial charge in [-0.25, -0.2) is 0 Å². The maximum atomic E-state index is 8.79. The molecule has 0 amide bonds. The van der Waals surface area contributed by atoms with Crippen molar-refractivity contribution < 1.29 is 34.1 Å². The van der Waals surface area contributed by atoms with Gasteiger partial charge in [0.15, 0.2) is 0 Å². The van der Waals surface area contributed by atoms with Crippen molar-refractivity contribution in [1.82, 2.24) is 15.0 Å². The quantitative estimate of drug-likeness (QED) is 0.162.